The van der Waals surface area contributed by atoms with Gasteiger partial charge in [-0.1, -0.05) is 12.1 Å². The van der Waals surface area contributed by atoms with Gasteiger partial charge in [-0.15, -0.1) is 0 Å². The fourth-order valence-electron chi connectivity index (χ4n) is 4.68. The number of aliphatic hydroxyl groups is 1. The van der Waals surface area contributed by atoms with E-state index in [0.717, 1.165) is 57.1 Å². The Balaban J connectivity index is 1.27. The highest BCUT2D eigenvalue weighted by Gasteiger charge is 2.24. The summed E-state index contributed by atoms with van der Waals surface area (Å²) < 4.78 is 27.2. The molecule has 5 nitrogen and oxygen atoms in total. The van der Waals surface area contributed by atoms with E-state index in [4.69, 9.17) is 0 Å². The van der Waals surface area contributed by atoms with Crippen molar-refractivity contribution >= 4 is 11.6 Å². The van der Waals surface area contributed by atoms with Gasteiger partial charge in [0.15, 0.2) is 11.6 Å². The second-order valence-corrected chi connectivity index (χ2v) is 8.84. The molecule has 2 fully saturated rings. The number of carbonyl (C=O) groups is 1. The molecule has 0 radical (unpaired) electrons. The number of hydrogen-bond acceptors (Lipinski definition) is 4. The number of anilines is 1. The van der Waals surface area contributed by atoms with Crippen molar-refractivity contribution in [3.8, 4) is 0 Å². The van der Waals surface area contributed by atoms with E-state index in [-0.39, 0.29) is 24.5 Å². The number of halogens is 2. The largest absolute Gasteiger partial charge is 0.396 e. The lowest BCUT2D eigenvalue weighted by molar-refractivity contribution is 0.0620. The van der Waals surface area contributed by atoms with Crippen molar-refractivity contribution in [3.05, 3.63) is 65.2 Å². The lowest BCUT2D eigenvalue weighted by atomic mass is 9.98. The molecule has 0 aromatic heterocycles. The fourth-order valence-corrected chi connectivity index (χ4v) is 4.68. The van der Waals surface area contributed by atoms with Crippen LogP contribution >= 0.6 is 0 Å². The third-order valence-corrected chi connectivity index (χ3v) is 6.65. The zero-order chi connectivity index (χ0) is 22.5. The molecule has 1 amide bonds. The standard InChI is InChI=1S/C25H31F2N3O2/c26-23-5-1-4-20(24(23)27)15-28-21-10-13-29(14-11-21)22-8-6-19(7-9-22)25(32)30-12-2-3-18(16-30)17-31/h1,4-9,18,21,28,31H,2-3,10-17H2/t18-/m0/s1. The van der Waals surface area contributed by atoms with Gasteiger partial charge in [0.05, 0.1) is 0 Å². The van der Waals surface area contributed by atoms with Gasteiger partial charge in [0, 0.05) is 62.2 Å². The molecule has 2 aliphatic rings. The van der Waals surface area contributed by atoms with Crippen LogP contribution in [-0.2, 0) is 6.54 Å². The highest BCUT2D eigenvalue weighted by atomic mass is 19.2. The quantitative estimate of drug-likeness (QED) is 0.717. The summed E-state index contributed by atoms with van der Waals surface area (Å²) in [7, 11) is 0. The summed E-state index contributed by atoms with van der Waals surface area (Å²) in [4.78, 5) is 16.9. The molecule has 32 heavy (non-hydrogen) atoms. The maximum absolute atomic E-state index is 13.8. The number of likely N-dealkylation sites (tertiary alicyclic amines) is 1. The van der Waals surface area contributed by atoms with Crippen molar-refractivity contribution in [2.24, 2.45) is 5.92 Å². The number of aliphatic hydroxyl groups excluding tert-OH is 1. The minimum atomic E-state index is -0.811. The summed E-state index contributed by atoms with van der Waals surface area (Å²) in [5, 5.41) is 12.7. The molecule has 2 saturated heterocycles. The van der Waals surface area contributed by atoms with Crippen LogP contribution in [0.25, 0.3) is 0 Å². The van der Waals surface area contributed by atoms with Crippen LogP contribution in [0.2, 0.25) is 0 Å². The maximum atomic E-state index is 13.8. The second kappa shape index (κ2) is 10.4. The van der Waals surface area contributed by atoms with E-state index in [1.165, 1.54) is 6.07 Å². The lowest BCUT2D eigenvalue weighted by Crippen LogP contribution is -2.42. The molecular formula is C25H31F2N3O2. The van der Waals surface area contributed by atoms with Gasteiger partial charge in [-0.3, -0.25) is 4.79 Å². The molecule has 7 heteroatoms. The smallest absolute Gasteiger partial charge is 0.253 e. The number of nitrogens with zero attached hydrogens (tertiary/aromatic N) is 2. The second-order valence-electron chi connectivity index (χ2n) is 8.84. The Bertz CT molecular complexity index is 914. The number of nitrogens with one attached hydrogen (secondary N) is 1. The Kier molecular flexibility index (Phi) is 7.37. The Labute approximate surface area is 188 Å². The van der Waals surface area contributed by atoms with Gasteiger partial charge >= 0.3 is 0 Å². The van der Waals surface area contributed by atoms with Crippen molar-refractivity contribution in [3.63, 3.8) is 0 Å². The van der Waals surface area contributed by atoms with Crippen LogP contribution in [0.4, 0.5) is 14.5 Å². The van der Waals surface area contributed by atoms with Gasteiger partial charge in [0.1, 0.15) is 0 Å². The van der Waals surface area contributed by atoms with Crippen LogP contribution in [0.3, 0.4) is 0 Å². The SMILES string of the molecule is O=C(c1ccc(N2CCC(NCc3cccc(F)c3F)CC2)cc1)N1CCC[C@H](CO)C1. The molecule has 2 aliphatic heterocycles. The molecule has 2 aromatic carbocycles. The molecule has 2 aromatic rings. The summed E-state index contributed by atoms with van der Waals surface area (Å²) in [5.41, 5.74) is 2.12. The molecule has 1 atom stereocenters. The van der Waals surface area contributed by atoms with Gasteiger partial charge in [-0.2, -0.15) is 0 Å². The number of benzene rings is 2. The van der Waals surface area contributed by atoms with E-state index < -0.39 is 11.6 Å². The highest BCUT2D eigenvalue weighted by Crippen LogP contribution is 2.23. The summed E-state index contributed by atoms with van der Waals surface area (Å²) in [6, 6.07) is 12.3. The first kappa shape index (κ1) is 22.7. The van der Waals surface area contributed by atoms with Gasteiger partial charge in [0.25, 0.3) is 5.91 Å². The third kappa shape index (κ3) is 5.27. The average Bonchev–Trinajstić information content (AvgIpc) is 2.85. The predicted octanol–water partition coefficient (Wildman–Crippen LogP) is 3.57. The van der Waals surface area contributed by atoms with Gasteiger partial charge < -0.3 is 20.2 Å². The summed E-state index contributed by atoms with van der Waals surface area (Å²) in [5.74, 6) is -1.38. The van der Waals surface area contributed by atoms with Crippen molar-refractivity contribution in [2.75, 3.05) is 37.7 Å². The third-order valence-electron chi connectivity index (χ3n) is 6.65. The molecule has 0 spiro atoms. The van der Waals surface area contributed by atoms with Gasteiger partial charge in [-0.05, 0) is 61.9 Å². The van der Waals surface area contributed by atoms with Crippen molar-refractivity contribution in [1.82, 2.24) is 10.2 Å². The van der Waals surface area contributed by atoms with Crippen LogP contribution in [-0.4, -0.2) is 54.7 Å². The number of hydrogen-bond donors (Lipinski definition) is 2. The molecule has 172 valence electrons. The van der Waals surface area contributed by atoms with Crippen LogP contribution in [0.15, 0.2) is 42.5 Å². The van der Waals surface area contributed by atoms with Crippen molar-refractivity contribution in [2.45, 2.75) is 38.3 Å². The molecule has 0 aliphatic carbocycles. The van der Waals surface area contributed by atoms with Gasteiger partial charge in [0.2, 0.25) is 0 Å². The molecular weight excluding hydrogens is 412 g/mol. The Morgan fingerprint density at radius 3 is 2.50 bits per heavy atom. The average molecular weight is 444 g/mol. The van der Waals surface area contributed by atoms with Crippen LogP contribution in [0, 0.1) is 17.6 Å². The Morgan fingerprint density at radius 1 is 1.03 bits per heavy atom. The molecule has 4 rings (SSSR count). The highest BCUT2D eigenvalue weighted by molar-refractivity contribution is 5.94. The van der Waals surface area contributed by atoms with Crippen LogP contribution < -0.4 is 10.2 Å². The summed E-state index contributed by atoms with van der Waals surface area (Å²) in [6.07, 6.45) is 3.73. The zero-order valence-corrected chi connectivity index (χ0v) is 18.3. The van der Waals surface area contributed by atoms with E-state index in [1.807, 2.05) is 29.2 Å². The maximum Gasteiger partial charge on any atom is 0.253 e. The first-order chi connectivity index (χ1) is 15.5. The minimum absolute atomic E-state index is 0.0298. The topological polar surface area (TPSA) is 55.8 Å². The Morgan fingerprint density at radius 2 is 1.78 bits per heavy atom. The molecule has 0 saturated carbocycles. The number of piperidine rings is 2. The van der Waals surface area contributed by atoms with Crippen molar-refractivity contribution < 1.29 is 18.7 Å². The van der Waals surface area contributed by atoms with E-state index in [2.05, 4.69) is 10.2 Å². The number of rotatable bonds is 6. The molecule has 2 N–H and O–H groups in total. The van der Waals surface area contributed by atoms with Crippen LogP contribution in [0.5, 0.6) is 0 Å². The summed E-state index contributed by atoms with van der Waals surface area (Å²) in [6.45, 7) is 3.54. The fraction of sp³-hybridized carbons (Fsp3) is 0.480. The van der Waals surface area contributed by atoms with E-state index >= 15 is 0 Å². The molecule has 2 heterocycles. The van der Waals surface area contributed by atoms with E-state index in [1.54, 1.807) is 6.07 Å². The number of amides is 1. The van der Waals surface area contributed by atoms with Gasteiger partial charge in [-0.25, -0.2) is 8.78 Å². The van der Waals surface area contributed by atoms with E-state index in [9.17, 15) is 18.7 Å². The summed E-state index contributed by atoms with van der Waals surface area (Å²) >= 11 is 0. The minimum Gasteiger partial charge on any atom is -0.396 e. The predicted molar refractivity (Wildman–Crippen MR) is 121 cm³/mol. The normalized spacial score (nSPS) is 19.9. The zero-order valence-electron chi connectivity index (χ0n) is 18.3. The molecule has 0 bridgehead atoms. The van der Waals surface area contributed by atoms with Crippen LogP contribution in [0.1, 0.15) is 41.6 Å². The van der Waals surface area contributed by atoms with E-state index in [0.29, 0.717) is 24.2 Å². The Hall–Kier alpha value is -2.51. The number of carbonyl (C=O) groups excluding carboxylic acids is 1. The molecule has 0 unspecified atom stereocenters. The van der Waals surface area contributed by atoms with Crippen molar-refractivity contribution in [1.29, 1.82) is 0 Å². The lowest BCUT2D eigenvalue weighted by Gasteiger charge is -2.34. The monoisotopic (exact) mass is 443 g/mol. The first-order valence-corrected chi connectivity index (χ1v) is 11.5. The first-order valence-electron chi connectivity index (χ1n) is 11.5.